The molecule has 0 aromatic heterocycles. The van der Waals surface area contributed by atoms with E-state index in [4.69, 9.17) is 24.7 Å². The van der Waals surface area contributed by atoms with Crippen molar-refractivity contribution in [3.8, 4) is 0 Å². The van der Waals surface area contributed by atoms with Gasteiger partial charge in [-0.05, 0) is 33.1 Å². The molecule has 13 N–H and O–H groups in total. The summed E-state index contributed by atoms with van der Waals surface area (Å²) in [6, 6.07) is -1.15. The van der Waals surface area contributed by atoms with Gasteiger partial charge in [0.25, 0.3) is 0 Å². The molecule has 0 aromatic carbocycles. The van der Waals surface area contributed by atoms with Crippen molar-refractivity contribution >= 4 is 11.9 Å². The van der Waals surface area contributed by atoms with Crippen molar-refractivity contribution in [2.24, 2.45) is 23.5 Å². The molecule has 65 heavy (non-hydrogen) atoms. The van der Waals surface area contributed by atoms with Crippen molar-refractivity contribution in [3.05, 3.63) is 85.1 Å². The number of rotatable bonds is 3. The van der Waals surface area contributed by atoms with Gasteiger partial charge in [-0.15, -0.1) is 0 Å². The van der Waals surface area contributed by atoms with Crippen LogP contribution in [0.1, 0.15) is 79.1 Å². The van der Waals surface area contributed by atoms with E-state index in [0.29, 0.717) is 0 Å². The van der Waals surface area contributed by atoms with Gasteiger partial charge in [-0.1, -0.05) is 98.9 Å². The zero-order chi connectivity index (χ0) is 48.4. The molecule has 2 saturated heterocycles. The summed E-state index contributed by atoms with van der Waals surface area (Å²) in [4.78, 5) is 25.1. The number of carbonyl (C=O) groups is 2. The van der Waals surface area contributed by atoms with Crippen LogP contribution in [0.3, 0.4) is 0 Å². The summed E-state index contributed by atoms with van der Waals surface area (Å²) < 4.78 is 23.1. The summed E-state index contributed by atoms with van der Waals surface area (Å²) in [6.07, 6.45) is 3.46. The maximum absolute atomic E-state index is 12.6. The van der Waals surface area contributed by atoms with Crippen LogP contribution in [-0.2, 0) is 28.5 Å². The number of cyclic esters (lactones) is 1. The van der Waals surface area contributed by atoms with Crippen LogP contribution in [0.25, 0.3) is 0 Å². The number of nitrogens with two attached hydrogens (primary N) is 1. The van der Waals surface area contributed by atoms with Gasteiger partial charge in [-0.3, -0.25) is 9.59 Å². The number of hydrogen-bond donors (Lipinski definition) is 12. The van der Waals surface area contributed by atoms with Gasteiger partial charge >= 0.3 is 11.9 Å². The lowest BCUT2D eigenvalue weighted by atomic mass is 9.82. The number of esters is 1. The highest BCUT2D eigenvalue weighted by molar-refractivity contribution is 5.71. The molecule has 0 amide bonds. The Kier molecular flexibility index (Phi) is 23.6. The standard InChI is InChI=1S/C47H73NO17/c1-27-17-15-13-11-9-7-5-6-8-10-12-14-16-18-34(64-46-44(58)41(48)43(57)30(4)63-46)24-38-40(45(59)60)37(54)26-47(61,65-38)25-33(51)22-36(53)35(52)20-19-31(49)21-32(50)23-39(55)62-29(3)28(2)42(27)56/h5-18,27-38,40-44,46,49-54,56-58,61H,19-26,48H2,1-4H3,(H,59,60)/b6-5+,9-7+,10-8+,13-11+,14-12+,17-15+,18-16+/t27-,28-,29-,30+,31+,32+,33-,34-,35+,36+,37-,38-,40+,41-,42+,43-,44-,46-,47+/m0/s1. The fourth-order valence-corrected chi connectivity index (χ4v) is 7.97. The summed E-state index contributed by atoms with van der Waals surface area (Å²) in [5.74, 6) is -6.83. The van der Waals surface area contributed by atoms with E-state index < -0.39 is 147 Å². The van der Waals surface area contributed by atoms with Crippen LogP contribution in [0.4, 0.5) is 0 Å². The quantitative estimate of drug-likeness (QED) is 0.174. The number of carboxylic acid groups (broad SMARTS) is 1. The number of hydrogen-bond acceptors (Lipinski definition) is 17. The molecule has 368 valence electrons. The van der Waals surface area contributed by atoms with Crippen LogP contribution in [0.5, 0.6) is 0 Å². The molecule has 18 heteroatoms. The Balaban J connectivity index is 1.86. The Bertz CT molecular complexity index is 1670. The van der Waals surface area contributed by atoms with Crippen molar-refractivity contribution < 1.29 is 84.7 Å². The maximum atomic E-state index is 12.6. The van der Waals surface area contributed by atoms with Crippen LogP contribution < -0.4 is 5.73 Å². The second-order valence-electron chi connectivity index (χ2n) is 17.6. The molecule has 3 rings (SSSR count). The number of allylic oxidation sites excluding steroid dienone is 12. The van der Waals surface area contributed by atoms with Crippen molar-refractivity contribution in [2.75, 3.05) is 0 Å². The lowest BCUT2D eigenvalue weighted by Gasteiger charge is -2.45. The predicted octanol–water partition coefficient (Wildman–Crippen LogP) is 0.712. The van der Waals surface area contributed by atoms with E-state index in [9.17, 15) is 65.8 Å². The first-order chi connectivity index (χ1) is 30.6. The van der Waals surface area contributed by atoms with Crippen LogP contribution in [0.15, 0.2) is 85.1 Å². The van der Waals surface area contributed by atoms with E-state index >= 15 is 0 Å². The van der Waals surface area contributed by atoms with Crippen molar-refractivity contribution in [3.63, 3.8) is 0 Å². The molecular weight excluding hydrogens is 851 g/mol. The highest BCUT2D eigenvalue weighted by Crippen LogP contribution is 2.38. The summed E-state index contributed by atoms with van der Waals surface area (Å²) in [5, 5.41) is 118. The van der Waals surface area contributed by atoms with Crippen LogP contribution in [0, 0.1) is 17.8 Å². The zero-order valence-electron chi connectivity index (χ0n) is 37.6. The fraction of sp³-hybridized carbons (Fsp3) is 0.660. The number of fused-ring (bicyclic) bond motifs is 2. The van der Waals surface area contributed by atoms with Crippen molar-refractivity contribution in [1.29, 1.82) is 0 Å². The first-order valence-electron chi connectivity index (χ1n) is 22.3. The Morgan fingerprint density at radius 1 is 0.662 bits per heavy atom. The molecule has 2 bridgehead atoms. The number of aliphatic carboxylic acids is 1. The molecule has 0 unspecified atom stereocenters. The van der Waals surface area contributed by atoms with Gasteiger partial charge in [0.1, 0.15) is 18.1 Å². The van der Waals surface area contributed by atoms with Gasteiger partial charge in [0.15, 0.2) is 12.1 Å². The smallest absolute Gasteiger partial charge is 0.311 e. The molecule has 2 fully saturated rings. The second kappa shape index (κ2) is 27.4. The van der Waals surface area contributed by atoms with E-state index in [0.717, 1.165) is 0 Å². The molecule has 19 atom stereocenters. The number of carboxylic acids is 1. The minimum atomic E-state index is -2.33. The van der Waals surface area contributed by atoms with E-state index in [1.807, 2.05) is 19.1 Å². The number of aliphatic hydroxyl groups excluding tert-OH is 9. The van der Waals surface area contributed by atoms with Gasteiger partial charge in [0, 0.05) is 37.5 Å². The largest absolute Gasteiger partial charge is 0.481 e. The van der Waals surface area contributed by atoms with E-state index in [-0.39, 0.29) is 31.6 Å². The highest BCUT2D eigenvalue weighted by atomic mass is 16.7. The fourth-order valence-electron chi connectivity index (χ4n) is 7.97. The topological polar surface area (TPSA) is 320 Å². The highest BCUT2D eigenvalue weighted by Gasteiger charge is 2.51. The average molecular weight is 924 g/mol. The summed E-state index contributed by atoms with van der Waals surface area (Å²) >= 11 is 0. The third-order valence-electron chi connectivity index (χ3n) is 12.0. The number of carbonyl (C=O) groups excluding carboxylic acids is 1. The molecule has 0 aliphatic carbocycles. The summed E-state index contributed by atoms with van der Waals surface area (Å²) in [6.45, 7) is 6.74. The number of aliphatic hydroxyl groups is 10. The summed E-state index contributed by atoms with van der Waals surface area (Å²) in [7, 11) is 0. The van der Waals surface area contributed by atoms with E-state index in [2.05, 4.69) is 0 Å². The number of ether oxygens (including phenoxy) is 4. The van der Waals surface area contributed by atoms with Crippen LogP contribution in [0.2, 0.25) is 0 Å². The predicted molar refractivity (Wildman–Crippen MR) is 237 cm³/mol. The first kappa shape index (κ1) is 55.9. The second-order valence-corrected chi connectivity index (χ2v) is 17.6. The lowest BCUT2D eigenvalue weighted by Crippen LogP contribution is -2.61. The normalized spacial score (nSPS) is 45.5. The van der Waals surface area contributed by atoms with Crippen molar-refractivity contribution in [1.82, 2.24) is 0 Å². The SMILES string of the molecule is C[C@@H]1[C@H](O)[C@@H](C)/C=C/C=C/C=C/C=C/C=C/C=C/C=C/[C@H](O[C@@H]2O[C@H](C)[C@H](O)[C@H](N)[C@@H]2O)C[C@@H]2O[C@](O)(C[C@@H](O)C[C@@H](O)[C@H](O)CC[C@@H](O)C[C@@H](O)CC(=O)O[C@H]1C)C[C@H](O)[C@H]2C(=O)O. The molecule has 3 aliphatic rings. The van der Waals surface area contributed by atoms with E-state index in [1.165, 1.54) is 13.0 Å². The van der Waals surface area contributed by atoms with Gasteiger partial charge in [0.05, 0.1) is 79.6 Å². The minimum absolute atomic E-state index is 0.107. The maximum Gasteiger partial charge on any atom is 0.311 e. The van der Waals surface area contributed by atoms with Gasteiger partial charge in [0.2, 0.25) is 0 Å². The summed E-state index contributed by atoms with van der Waals surface area (Å²) in [5.41, 5.74) is 6.02. The Morgan fingerprint density at radius 2 is 1.23 bits per heavy atom. The zero-order valence-corrected chi connectivity index (χ0v) is 37.6. The van der Waals surface area contributed by atoms with Gasteiger partial charge in [-0.25, -0.2) is 0 Å². The minimum Gasteiger partial charge on any atom is -0.481 e. The molecule has 0 saturated carbocycles. The van der Waals surface area contributed by atoms with Crippen molar-refractivity contribution in [2.45, 2.75) is 177 Å². The molecule has 3 heterocycles. The molecule has 3 aliphatic heterocycles. The first-order valence-corrected chi connectivity index (χ1v) is 22.3. The van der Waals surface area contributed by atoms with Gasteiger partial charge < -0.3 is 80.9 Å². The van der Waals surface area contributed by atoms with E-state index in [1.54, 1.807) is 80.7 Å². The van der Waals surface area contributed by atoms with Gasteiger partial charge in [-0.2, -0.15) is 0 Å². The third kappa shape index (κ3) is 18.6. The molecule has 18 nitrogen and oxygen atoms in total. The van der Waals surface area contributed by atoms with Crippen LogP contribution >= 0.6 is 0 Å². The monoisotopic (exact) mass is 923 g/mol. The molecular formula is C47H73NO17. The Labute approximate surface area is 381 Å². The third-order valence-corrected chi connectivity index (χ3v) is 12.0. The molecule has 0 aromatic rings. The van der Waals surface area contributed by atoms with Crippen LogP contribution in [-0.4, -0.2) is 166 Å². The molecule has 0 spiro atoms. The molecule has 0 radical (unpaired) electrons. The Morgan fingerprint density at radius 3 is 1.82 bits per heavy atom. The average Bonchev–Trinajstić information content (AvgIpc) is 3.21. The Hall–Kier alpha value is -3.44. The lowest BCUT2D eigenvalue weighted by molar-refractivity contribution is -0.308.